The predicted molar refractivity (Wildman–Crippen MR) is 94.5 cm³/mol. The van der Waals surface area contributed by atoms with Crippen LogP contribution in [0.4, 0.5) is 0 Å². The van der Waals surface area contributed by atoms with E-state index in [4.69, 9.17) is 0 Å². The van der Waals surface area contributed by atoms with Crippen LogP contribution in [-0.4, -0.2) is 30.1 Å². The molecule has 0 amide bonds. The molecule has 3 unspecified atom stereocenters. The monoisotopic (exact) mass is 352 g/mol. The topological polar surface area (TPSA) is 15.3 Å². The fraction of sp³-hybridized carbons (Fsp3) is 0.667. The average Bonchev–Trinajstić information content (AvgIpc) is 2.46. The number of piperazine rings is 1. The van der Waals surface area contributed by atoms with Crippen LogP contribution in [0.25, 0.3) is 0 Å². The minimum Gasteiger partial charge on any atom is -0.311 e. The molecule has 0 aliphatic carbocycles. The molecule has 1 aliphatic rings. The van der Waals surface area contributed by atoms with Gasteiger partial charge in [0.2, 0.25) is 0 Å². The van der Waals surface area contributed by atoms with Gasteiger partial charge in [0.15, 0.2) is 0 Å². The summed E-state index contributed by atoms with van der Waals surface area (Å²) in [5.41, 5.74) is 1.41. The smallest absolute Gasteiger partial charge is 0.0324 e. The third kappa shape index (κ3) is 4.08. The molecule has 1 fully saturated rings. The van der Waals surface area contributed by atoms with E-state index in [1.165, 1.54) is 5.56 Å². The number of nitrogens with one attached hydrogen (secondary N) is 1. The highest BCUT2D eigenvalue weighted by Gasteiger charge is 2.34. The molecule has 1 aromatic carbocycles. The van der Waals surface area contributed by atoms with E-state index in [9.17, 15) is 0 Å². The van der Waals surface area contributed by atoms with Crippen molar-refractivity contribution < 1.29 is 0 Å². The lowest BCUT2D eigenvalue weighted by Gasteiger charge is -2.46. The van der Waals surface area contributed by atoms with Gasteiger partial charge in [-0.05, 0) is 36.5 Å². The summed E-state index contributed by atoms with van der Waals surface area (Å²) in [6.45, 7) is 13.9. The Morgan fingerprint density at radius 2 is 1.67 bits per heavy atom. The van der Waals surface area contributed by atoms with Gasteiger partial charge in [-0.3, -0.25) is 4.90 Å². The molecule has 1 aromatic rings. The molecule has 0 bridgehead atoms. The van der Waals surface area contributed by atoms with Gasteiger partial charge in [0.05, 0.1) is 0 Å². The zero-order valence-corrected chi connectivity index (χ0v) is 15.5. The second-order valence-electron chi connectivity index (χ2n) is 6.99. The van der Waals surface area contributed by atoms with Crippen molar-refractivity contribution in [1.82, 2.24) is 10.2 Å². The Morgan fingerprint density at radius 3 is 2.19 bits per heavy atom. The minimum atomic E-state index is 0.467. The van der Waals surface area contributed by atoms with Gasteiger partial charge in [0.25, 0.3) is 0 Å². The lowest BCUT2D eigenvalue weighted by Crippen LogP contribution is -2.60. The first-order chi connectivity index (χ1) is 9.90. The molecule has 0 radical (unpaired) electrons. The molecule has 2 rings (SSSR count). The fourth-order valence-corrected chi connectivity index (χ4v) is 3.52. The second kappa shape index (κ2) is 7.26. The Morgan fingerprint density at radius 1 is 1.05 bits per heavy atom. The Balaban J connectivity index is 2.20. The van der Waals surface area contributed by atoms with Crippen LogP contribution >= 0.6 is 15.9 Å². The summed E-state index contributed by atoms with van der Waals surface area (Å²) in [6.07, 6.45) is 0. The number of nitrogens with zero attached hydrogens (tertiary/aromatic N) is 1. The molecule has 21 heavy (non-hydrogen) atoms. The maximum Gasteiger partial charge on any atom is 0.0324 e. The number of hydrogen-bond donors (Lipinski definition) is 1. The Kier molecular flexibility index (Phi) is 5.87. The summed E-state index contributed by atoms with van der Waals surface area (Å²) in [7, 11) is 0. The van der Waals surface area contributed by atoms with Gasteiger partial charge in [-0.2, -0.15) is 0 Å². The van der Waals surface area contributed by atoms with Crippen LogP contribution in [0.2, 0.25) is 0 Å². The molecule has 0 spiro atoms. The van der Waals surface area contributed by atoms with Crippen molar-refractivity contribution in [3.63, 3.8) is 0 Å². The SMILES string of the molecule is CC(C)C1CN(C(C)c2ccc(Br)cc2)C(C(C)C)CN1. The number of rotatable bonds is 4. The van der Waals surface area contributed by atoms with Gasteiger partial charge in [-0.25, -0.2) is 0 Å². The fourth-order valence-electron chi connectivity index (χ4n) is 3.26. The molecule has 0 aromatic heterocycles. The Labute approximate surface area is 138 Å². The van der Waals surface area contributed by atoms with Gasteiger partial charge in [0, 0.05) is 35.7 Å². The third-order valence-corrected chi connectivity index (χ3v) is 5.38. The summed E-state index contributed by atoms with van der Waals surface area (Å²) < 4.78 is 1.15. The molecular weight excluding hydrogens is 324 g/mol. The highest BCUT2D eigenvalue weighted by atomic mass is 79.9. The van der Waals surface area contributed by atoms with Crippen molar-refractivity contribution in [2.24, 2.45) is 11.8 Å². The van der Waals surface area contributed by atoms with Crippen molar-refractivity contribution in [3.05, 3.63) is 34.3 Å². The largest absolute Gasteiger partial charge is 0.311 e. The highest BCUT2D eigenvalue weighted by Crippen LogP contribution is 2.29. The molecule has 3 heteroatoms. The molecular formula is C18H29BrN2. The van der Waals surface area contributed by atoms with Crippen LogP contribution in [0.3, 0.4) is 0 Å². The van der Waals surface area contributed by atoms with E-state index in [1.807, 2.05) is 0 Å². The maximum atomic E-state index is 3.75. The Bertz CT molecular complexity index is 441. The van der Waals surface area contributed by atoms with Gasteiger partial charge in [0.1, 0.15) is 0 Å². The van der Waals surface area contributed by atoms with Crippen LogP contribution in [0.1, 0.15) is 46.2 Å². The molecule has 3 atom stereocenters. The molecule has 118 valence electrons. The van der Waals surface area contributed by atoms with Crippen LogP contribution in [0.5, 0.6) is 0 Å². The molecule has 1 saturated heterocycles. The van der Waals surface area contributed by atoms with E-state index >= 15 is 0 Å². The maximum absolute atomic E-state index is 3.75. The van der Waals surface area contributed by atoms with Crippen LogP contribution in [0, 0.1) is 11.8 Å². The summed E-state index contributed by atoms with van der Waals surface area (Å²) in [5.74, 6) is 1.35. The zero-order valence-electron chi connectivity index (χ0n) is 13.9. The molecule has 0 saturated carbocycles. The van der Waals surface area contributed by atoms with Gasteiger partial charge in [-0.1, -0.05) is 55.8 Å². The average molecular weight is 353 g/mol. The first-order valence-electron chi connectivity index (χ1n) is 8.14. The first kappa shape index (κ1) is 17.0. The van der Waals surface area contributed by atoms with Crippen molar-refractivity contribution in [2.45, 2.75) is 52.7 Å². The quantitative estimate of drug-likeness (QED) is 0.860. The van der Waals surface area contributed by atoms with E-state index in [-0.39, 0.29) is 0 Å². The summed E-state index contributed by atoms with van der Waals surface area (Å²) in [4.78, 5) is 2.70. The third-order valence-electron chi connectivity index (χ3n) is 4.85. The zero-order chi connectivity index (χ0) is 15.6. The Hall–Kier alpha value is -0.380. The van der Waals surface area contributed by atoms with Crippen molar-refractivity contribution in [3.8, 4) is 0 Å². The summed E-state index contributed by atoms with van der Waals surface area (Å²) in [6, 6.07) is 10.5. The lowest BCUT2D eigenvalue weighted by atomic mass is 9.91. The van der Waals surface area contributed by atoms with E-state index in [0.717, 1.165) is 17.6 Å². The van der Waals surface area contributed by atoms with E-state index in [0.29, 0.717) is 30.0 Å². The molecule has 1 N–H and O–H groups in total. The standard InChI is InChI=1S/C18H29BrN2/c1-12(2)17-11-21(18(10-20-17)13(3)4)14(5)15-6-8-16(19)9-7-15/h6-9,12-14,17-18,20H,10-11H2,1-5H3. The number of halogens is 1. The van der Waals surface area contributed by atoms with Gasteiger partial charge >= 0.3 is 0 Å². The van der Waals surface area contributed by atoms with Crippen molar-refractivity contribution >= 4 is 15.9 Å². The van der Waals surface area contributed by atoms with Crippen LogP contribution < -0.4 is 5.32 Å². The van der Waals surface area contributed by atoms with Crippen molar-refractivity contribution in [1.29, 1.82) is 0 Å². The second-order valence-corrected chi connectivity index (χ2v) is 7.91. The lowest BCUT2D eigenvalue weighted by molar-refractivity contribution is 0.0513. The van der Waals surface area contributed by atoms with Gasteiger partial charge < -0.3 is 5.32 Å². The molecule has 1 aliphatic heterocycles. The van der Waals surface area contributed by atoms with Crippen LogP contribution in [-0.2, 0) is 0 Å². The van der Waals surface area contributed by atoms with E-state index < -0.39 is 0 Å². The molecule has 2 nitrogen and oxygen atoms in total. The molecule has 1 heterocycles. The first-order valence-corrected chi connectivity index (χ1v) is 8.94. The summed E-state index contributed by atoms with van der Waals surface area (Å²) in [5, 5.41) is 3.75. The van der Waals surface area contributed by atoms with E-state index in [1.54, 1.807) is 0 Å². The van der Waals surface area contributed by atoms with Gasteiger partial charge in [-0.15, -0.1) is 0 Å². The van der Waals surface area contributed by atoms with Crippen molar-refractivity contribution in [2.75, 3.05) is 13.1 Å². The number of hydrogen-bond acceptors (Lipinski definition) is 2. The minimum absolute atomic E-state index is 0.467. The predicted octanol–water partition coefficient (Wildman–Crippen LogP) is 4.46. The van der Waals surface area contributed by atoms with E-state index in [2.05, 4.69) is 85.0 Å². The normalized spacial score (nSPS) is 25.5. The number of benzene rings is 1. The van der Waals surface area contributed by atoms with Crippen LogP contribution in [0.15, 0.2) is 28.7 Å². The highest BCUT2D eigenvalue weighted by molar-refractivity contribution is 9.10. The summed E-state index contributed by atoms with van der Waals surface area (Å²) >= 11 is 3.53.